The molecule has 0 N–H and O–H groups in total. The Kier molecular flexibility index (Phi) is 6.20. The topological polar surface area (TPSA) is 12.5 Å². The number of ether oxygens (including phenoxy) is 1. The van der Waals surface area contributed by atoms with Crippen molar-refractivity contribution in [1.29, 1.82) is 0 Å². The Labute approximate surface area is 112 Å². The molecule has 0 aliphatic heterocycles. The van der Waals surface area contributed by atoms with Crippen LogP contribution >= 0.6 is 0 Å². The van der Waals surface area contributed by atoms with Crippen LogP contribution in [0, 0.1) is 0 Å². The molecule has 0 unspecified atom stereocenters. The van der Waals surface area contributed by atoms with Crippen LogP contribution in [-0.2, 0) is 6.42 Å². The van der Waals surface area contributed by atoms with Crippen LogP contribution in [0.5, 0.6) is 5.75 Å². The van der Waals surface area contributed by atoms with E-state index in [0.717, 1.165) is 31.7 Å². The minimum absolute atomic E-state index is 0.556. The average Bonchev–Trinajstić information content (AvgIpc) is 2.34. The molecule has 0 aromatic heterocycles. The molecule has 102 valence electrons. The lowest BCUT2D eigenvalue weighted by Crippen LogP contribution is -2.15. The molecule has 0 atom stereocenters. The van der Waals surface area contributed by atoms with E-state index in [4.69, 9.17) is 4.74 Å². The molecule has 0 bridgehead atoms. The number of hydrogen-bond acceptors (Lipinski definition) is 2. The minimum Gasteiger partial charge on any atom is -0.493 e. The molecule has 0 saturated heterocycles. The van der Waals surface area contributed by atoms with Gasteiger partial charge in [0.1, 0.15) is 5.75 Å². The summed E-state index contributed by atoms with van der Waals surface area (Å²) in [5.74, 6) is 1.63. The molecule has 2 heteroatoms. The van der Waals surface area contributed by atoms with E-state index in [1.165, 1.54) is 11.1 Å². The SMILES string of the molecule is CCc1ccc(C(C)C)cc1OCCCN(C)C. The van der Waals surface area contributed by atoms with E-state index in [1.807, 2.05) is 0 Å². The average molecular weight is 249 g/mol. The van der Waals surface area contributed by atoms with Gasteiger partial charge in [-0.2, -0.15) is 0 Å². The number of hydrogen-bond donors (Lipinski definition) is 0. The van der Waals surface area contributed by atoms with Gasteiger partial charge in [-0.05, 0) is 50.0 Å². The highest BCUT2D eigenvalue weighted by Crippen LogP contribution is 2.25. The summed E-state index contributed by atoms with van der Waals surface area (Å²) in [4.78, 5) is 2.19. The van der Waals surface area contributed by atoms with Crippen molar-refractivity contribution in [2.75, 3.05) is 27.2 Å². The first-order valence-electron chi connectivity index (χ1n) is 6.95. The van der Waals surface area contributed by atoms with Crippen LogP contribution in [0.1, 0.15) is 44.2 Å². The number of benzene rings is 1. The molecule has 0 aliphatic rings. The van der Waals surface area contributed by atoms with E-state index < -0.39 is 0 Å². The maximum absolute atomic E-state index is 5.94. The molecular formula is C16H27NO. The molecule has 0 fully saturated rings. The van der Waals surface area contributed by atoms with Crippen LogP contribution in [0.3, 0.4) is 0 Å². The van der Waals surface area contributed by atoms with Crippen LogP contribution < -0.4 is 4.74 Å². The third-order valence-corrected chi connectivity index (χ3v) is 3.15. The molecule has 1 aromatic carbocycles. The highest BCUT2D eigenvalue weighted by atomic mass is 16.5. The van der Waals surface area contributed by atoms with Gasteiger partial charge in [0.15, 0.2) is 0 Å². The standard InChI is InChI=1S/C16H27NO/c1-6-14-8-9-15(13(2)3)12-16(14)18-11-7-10-17(4)5/h8-9,12-13H,6-7,10-11H2,1-5H3. The van der Waals surface area contributed by atoms with Crippen molar-refractivity contribution in [3.8, 4) is 5.75 Å². The lowest BCUT2D eigenvalue weighted by atomic mass is 10.00. The molecule has 0 amide bonds. The monoisotopic (exact) mass is 249 g/mol. The first kappa shape index (κ1) is 15.0. The molecular weight excluding hydrogens is 222 g/mol. The van der Waals surface area contributed by atoms with Gasteiger partial charge in [-0.1, -0.05) is 32.9 Å². The van der Waals surface area contributed by atoms with E-state index in [9.17, 15) is 0 Å². The fourth-order valence-corrected chi connectivity index (χ4v) is 1.92. The first-order chi connectivity index (χ1) is 8.54. The summed E-state index contributed by atoms with van der Waals surface area (Å²) in [6.07, 6.45) is 2.10. The molecule has 0 aliphatic carbocycles. The summed E-state index contributed by atoms with van der Waals surface area (Å²) < 4.78 is 5.94. The molecule has 2 nitrogen and oxygen atoms in total. The largest absolute Gasteiger partial charge is 0.493 e. The second-order valence-corrected chi connectivity index (χ2v) is 5.38. The van der Waals surface area contributed by atoms with E-state index in [0.29, 0.717) is 5.92 Å². The van der Waals surface area contributed by atoms with Crippen molar-refractivity contribution in [2.24, 2.45) is 0 Å². The van der Waals surface area contributed by atoms with Crippen molar-refractivity contribution in [3.05, 3.63) is 29.3 Å². The molecule has 0 spiro atoms. The predicted octanol–water partition coefficient (Wildman–Crippen LogP) is 3.70. The van der Waals surface area contributed by atoms with Crippen molar-refractivity contribution < 1.29 is 4.74 Å². The fraction of sp³-hybridized carbons (Fsp3) is 0.625. The first-order valence-corrected chi connectivity index (χ1v) is 6.95. The summed E-state index contributed by atoms with van der Waals surface area (Å²) in [5, 5.41) is 0. The minimum atomic E-state index is 0.556. The third kappa shape index (κ3) is 4.69. The number of rotatable bonds is 7. The summed E-state index contributed by atoms with van der Waals surface area (Å²) in [6.45, 7) is 8.49. The molecule has 1 rings (SSSR count). The highest BCUT2D eigenvalue weighted by molar-refractivity contribution is 5.38. The Bertz CT molecular complexity index is 358. The van der Waals surface area contributed by atoms with Crippen LogP contribution in [-0.4, -0.2) is 32.1 Å². The quantitative estimate of drug-likeness (QED) is 0.683. The maximum atomic E-state index is 5.94. The van der Waals surface area contributed by atoms with Gasteiger partial charge < -0.3 is 9.64 Å². The molecule has 1 aromatic rings. The molecule has 18 heavy (non-hydrogen) atoms. The van der Waals surface area contributed by atoms with Gasteiger partial charge in [-0.15, -0.1) is 0 Å². The zero-order chi connectivity index (χ0) is 13.5. The zero-order valence-electron chi connectivity index (χ0n) is 12.5. The van der Waals surface area contributed by atoms with Crippen LogP contribution in [0.4, 0.5) is 0 Å². The third-order valence-electron chi connectivity index (χ3n) is 3.15. The summed E-state index contributed by atoms with van der Waals surface area (Å²) >= 11 is 0. The second-order valence-electron chi connectivity index (χ2n) is 5.38. The Morgan fingerprint density at radius 3 is 2.50 bits per heavy atom. The Balaban J connectivity index is 2.63. The van der Waals surface area contributed by atoms with Crippen molar-refractivity contribution in [2.45, 2.75) is 39.5 Å². The zero-order valence-corrected chi connectivity index (χ0v) is 12.5. The Morgan fingerprint density at radius 1 is 1.22 bits per heavy atom. The van der Waals surface area contributed by atoms with Gasteiger partial charge in [-0.25, -0.2) is 0 Å². The summed E-state index contributed by atoms with van der Waals surface area (Å²) in [5.41, 5.74) is 2.67. The number of aryl methyl sites for hydroxylation is 1. The predicted molar refractivity (Wildman–Crippen MR) is 78.6 cm³/mol. The van der Waals surface area contributed by atoms with Crippen molar-refractivity contribution >= 4 is 0 Å². The smallest absolute Gasteiger partial charge is 0.122 e. The van der Waals surface area contributed by atoms with Gasteiger partial charge in [0.05, 0.1) is 6.61 Å². The number of nitrogens with zero attached hydrogens (tertiary/aromatic N) is 1. The lowest BCUT2D eigenvalue weighted by molar-refractivity contribution is 0.279. The van der Waals surface area contributed by atoms with E-state index >= 15 is 0 Å². The molecule has 0 saturated carbocycles. The van der Waals surface area contributed by atoms with Crippen LogP contribution in [0.25, 0.3) is 0 Å². The van der Waals surface area contributed by atoms with Gasteiger partial charge >= 0.3 is 0 Å². The normalized spacial score (nSPS) is 11.3. The van der Waals surface area contributed by atoms with Gasteiger partial charge in [0.25, 0.3) is 0 Å². The Hall–Kier alpha value is -1.02. The van der Waals surface area contributed by atoms with E-state index in [2.05, 4.69) is 58.0 Å². The van der Waals surface area contributed by atoms with Crippen molar-refractivity contribution in [3.63, 3.8) is 0 Å². The van der Waals surface area contributed by atoms with Gasteiger partial charge in [0, 0.05) is 6.54 Å². The summed E-state index contributed by atoms with van der Waals surface area (Å²) in [7, 11) is 4.19. The lowest BCUT2D eigenvalue weighted by Gasteiger charge is -2.15. The van der Waals surface area contributed by atoms with E-state index in [-0.39, 0.29) is 0 Å². The second kappa shape index (κ2) is 7.42. The van der Waals surface area contributed by atoms with Crippen LogP contribution in [0.15, 0.2) is 18.2 Å². The summed E-state index contributed by atoms with van der Waals surface area (Å²) in [6, 6.07) is 6.63. The molecule has 0 radical (unpaired) electrons. The van der Waals surface area contributed by atoms with Gasteiger partial charge in [-0.3, -0.25) is 0 Å². The van der Waals surface area contributed by atoms with Gasteiger partial charge in [0.2, 0.25) is 0 Å². The van der Waals surface area contributed by atoms with Crippen LogP contribution in [0.2, 0.25) is 0 Å². The maximum Gasteiger partial charge on any atom is 0.122 e. The van der Waals surface area contributed by atoms with E-state index in [1.54, 1.807) is 0 Å². The Morgan fingerprint density at radius 2 is 1.94 bits per heavy atom. The fourth-order valence-electron chi connectivity index (χ4n) is 1.92. The highest BCUT2D eigenvalue weighted by Gasteiger charge is 2.06. The molecule has 0 heterocycles. The van der Waals surface area contributed by atoms with Crippen molar-refractivity contribution in [1.82, 2.24) is 4.90 Å².